The minimum absolute atomic E-state index is 0.331. The van der Waals surface area contributed by atoms with Crippen LogP contribution in [0.3, 0.4) is 0 Å². The van der Waals surface area contributed by atoms with E-state index in [1.807, 2.05) is 12.1 Å². The zero-order chi connectivity index (χ0) is 21.6. The fraction of sp³-hybridized carbons (Fsp3) is 0.348. The van der Waals surface area contributed by atoms with Gasteiger partial charge in [-0.1, -0.05) is 47.1 Å². The van der Waals surface area contributed by atoms with Crippen LogP contribution < -0.4 is 10.6 Å². The number of benzene rings is 2. The molecule has 1 aliphatic heterocycles. The molecule has 1 saturated heterocycles. The summed E-state index contributed by atoms with van der Waals surface area (Å²) in [6.45, 7) is 4.60. The van der Waals surface area contributed by atoms with E-state index < -0.39 is 0 Å². The largest absolute Gasteiger partial charge is 0.352 e. The molecule has 2 aromatic carbocycles. The van der Waals surface area contributed by atoms with Gasteiger partial charge in [0.15, 0.2) is 5.96 Å². The van der Waals surface area contributed by atoms with Gasteiger partial charge in [0, 0.05) is 42.8 Å². The van der Waals surface area contributed by atoms with Crippen molar-refractivity contribution >= 4 is 17.6 Å². The van der Waals surface area contributed by atoms with Crippen LogP contribution in [0.5, 0.6) is 0 Å². The number of hydrogen-bond donors (Lipinski definition) is 2. The van der Waals surface area contributed by atoms with Gasteiger partial charge in [-0.05, 0) is 43.2 Å². The normalized spacial score (nSPS) is 19.5. The number of guanidine groups is 1. The lowest BCUT2D eigenvalue weighted by Gasteiger charge is -2.21. The van der Waals surface area contributed by atoms with Gasteiger partial charge in [0.25, 0.3) is 0 Å². The number of likely N-dealkylation sites (tertiary alicyclic amines) is 1. The highest BCUT2D eigenvalue weighted by Crippen LogP contribution is 2.21. The van der Waals surface area contributed by atoms with Crippen LogP contribution in [0.2, 0.25) is 5.02 Å². The van der Waals surface area contributed by atoms with Crippen LogP contribution in [0, 0.1) is 0 Å². The predicted molar refractivity (Wildman–Crippen MR) is 123 cm³/mol. The van der Waals surface area contributed by atoms with E-state index in [1.54, 1.807) is 19.2 Å². The molecule has 8 heteroatoms. The van der Waals surface area contributed by atoms with Crippen molar-refractivity contribution < 1.29 is 4.52 Å². The number of nitrogens with one attached hydrogen (secondary N) is 2. The Morgan fingerprint density at radius 1 is 1.19 bits per heavy atom. The molecule has 1 aromatic heterocycles. The number of halogens is 1. The second-order valence-electron chi connectivity index (χ2n) is 7.79. The topological polar surface area (TPSA) is 78.6 Å². The molecule has 31 heavy (non-hydrogen) atoms. The Kier molecular flexibility index (Phi) is 6.84. The quantitative estimate of drug-likeness (QED) is 0.451. The highest BCUT2D eigenvalue weighted by molar-refractivity contribution is 6.30. The average Bonchev–Trinajstić information content (AvgIpc) is 3.39. The molecule has 0 saturated carbocycles. The molecule has 2 N–H and O–H groups in total. The number of rotatable bonds is 6. The molecule has 0 aliphatic carbocycles. The van der Waals surface area contributed by atoms with Crippen LogP contribution in [0.15, 0.2) is 64.1 Å². The molecule has 3 aromatic rings. The van der Waals surface area contributed by atoms with Crippen LogP contribution in [0.25, 0.3) is 11.4 Å². The van der Waals surface area contributed by atoms with Crippen molar-refractivity contribution in [1.82, 2.24) is 25.7 Å². The highest BCUT2D eigenvalue weighted by Gasteiger charge is 2.29. The van der Waals surface area contributed by atoms with E-state index in [4.69, 9.17) is 16.1 Å². The van der Waals surface area contributed by atoms with Gasteiger partial charge in [-0.3, -0.25) is 9.89 Å². The van der Waals surface area contributed by atoms with Gasteiger partial charge < -0.3 is 15.2 Å². The zero-order valence-electron chi connectivity index (χ0n) is 17.8. The third kappa shape index (κ3) is 5.62. The van der Waals surface area contributed by atoms with Crippen molar-refractivity contribution in [2.45, 2.75) is 38.5 Å². The van der Waals surface area contributed by atoms with Crippen molar-refractivity contribution in [3.05, 3.63) is 71.1 Å². The van der Waals surface area contributed by atoms with E-state index in [0.717, 1.165) is 31.0 Å². The van der Waals surface area contributed by atoms with E-state index >= 15 is 0 Å². The number of nitrogens with zero attached hydrogens (tertiary/aromatic N) is 4. The molecule has 7 nitrogen and oxygen atoms in total. The molecular weight excluding hydrogens is 412 g/mol. The van der Waals surface area contributed by atoms with Crippen LogP contribution >= 0.6 is 11.6 Å². The summed E-state index contributed by atoms with van der Waals surface area (Å²) in [6, 6.07) is 18.8. The second-order valence-corrected chi connectivity index (χ2v) is 8.22. The maximum atomic E-state index is 5.94. The second kappa shape index (κ2) is 9.94. The van der Waals surface area contributed by atoms with Gasteiger partial charge in [-0.2, -0.15) is 4.98 Å². The molecule has 0 amide bonds. The lowest BCUT2D eigenvalue weighted by molar-refractivity contribution is 0.258. The molecule has 2 atom stereocenters. The Bertz CT molecular complexity index is 1000. The maximum absolute atomic E-state index is 5.94. The standard InChI is InChI=1S/C23H27ClN6O/c1-16-12-20(15-30(16)14-17-6-4-3-5-7-17)27-23(25-2)26-13-21-28-22(29-31-21)18-8-10-19(24)11-9-18/h3-11,16,20H,12-15H2,1-2H3,(H2,25,26,27). The SMILES string of the molecule is CN=C(NCc1nc(-c2ccc(Cl)cc2)no1)NC1CC(C)N(Cc2ccccc2)C1. The average molecular weight is 439 g/mol. The van der Waals surface area contributed by atoms with Gasteiger partial charge >= 0.3 is 0 Å². The minimum atomic E-state index is 0.331. The van der Waals surface area contributed by atoms with Crippen LogP contribution in [-0.4, -0.2) is 46.7 Å². The van der Waals surface area contributed by atoms with Crippen LogP contribution in [0.4, 0.5) is 0 Å². The van der Waals surface area contributed by atoms with E-state index in [1.165, 1.54) is 5.56 Å². The molecule has 0 bridgehead atoms. The Morgan fingerprint density at radius 2 is 1.97 bits per heavy atom. The fourth-order valence-corrected chi connectivity index (χ4v) is 3.96. The summed E-state index contributed by atoms with van der Waals surface area (Å²) in [4.78, 5) is 11.3. The Hall–Kier alpha value is -2.90. The summed E-state index contributed by atoms with van der Waals surface area (Å²) in [7, 11) is 1.77. The summed E-state index contributed by atoms with van der Waals surface area (Å²) < 4.78 is 5.37. The summed E-state index contributed by atoms with van der Waals surface area (Å²) in [6.07, 6.45) is 1.06. The first-order valence-electron chi connectivity index (χ1n) is 10.4. The van der Waals surface area contributed by atoms with E-state index in [0.29, 0.717) is 35.4 Å². The molecule has 2 heterocycles. The number of hydrogen-bond acceptors (Lipinski definition) is 5. The van der Waals surface area contributed by atoms with Crippen molar-refractivity contribution in [3.63, 3.8) is 0 Å². The third-order valence-electron chi connectivity index (χ3n) is 5.47. The van der Waals surface area contributed by atoms with E-state index in [9.17, 15) is 0 Å². The summed E-state index contributed by atoms with van der Waals surface area (Å²) in [5.74, 6) is 1.76. The van der Waals surface area contributed by atoms with Crippen molar-refractivity contribution in [3.8, 4) is 11.4 Å². The minimum Gasteiger partial charge on any atom is -0.352 e. The van der Waals surface area contributed by atoms with Gasteiger partial charge in [0.1, 0.15) is 0 Å². The first kappa shape index (κ1) is 21.3. The maximum Gasteiger partial charge on any atom is 0.246 e. The lowest BCUT2D eigenvalue weighted by atomic mass is 10.2. The van der Waals surface area contributed by atoms with Crippen molar-refractivity contribution in [2.75, 3.05) is 13.6 Å². The molecule has 0 spiro atoms. The third-order valence-corrected chi connectivity index (χ3v) is 5.73. The Balaban J connectivity index is 1.29. The molecular formula is C23H27ClN6O. The fourth-order valence-electron chi connectivity index (χ4n) is 3.83. The Labute approximate surface area is 187 Å². The van der Waals surface area contributed by atoms with Crippen LogP contribution in [0.1, 0.15) is 24.8 Å². The number of aliphatic imine (C=N–C) groups is 1. The number of aromatic nitrogens is 2. The molecule has 162 valence electrons. The predicted octanol–water partition coefficient (Wildman–Crippen LogP) is 3.72. The van der Waals surface area contributed by atoms with Crippen LogP contribution in [-0.2, 0) is 13.1 Å². The zero-order valence-corrected chi connectivity index (χ0v) is 18.5. The van der Waals surface area contributed by atoms with Gasteiger partial charge in [-0.15, -0.1) is 0 Å². The lowest BCUT2D eigenvalue weighted by Crippen LogP contribution is -2.44. The van der Waals surface area contributed by atoms with Gasteiger partial charge in [-0.25, -0.2) is 0 Å². The van der Waals surface area contributed by atoms with E-state index in [2.05, 4.69) is 67.9 Å². The Morgan fingerprint density at radius 3 is 2.71 bits per heavy atom. The van der Waals surface area contributed by atoms with Gasteiger partial charge in [0.05, 0.1) is 6.54 Å². The van der Waals surface area contributed by atoms with Crippen molar-refractivity contribution in [2.24, 2.45) is 4.99 Å². The molecule has 0 radical (unpaired) electrons. The molecule has 1 fully saturated rings. The monoisotopic (exact) mass is 438 g/mol. The van der Waals surface area contributed by atoms with Gasteiger partial charge in [0.2, 0.25) is 11.7 Å². The first-order chi connectivity index (χ1) is 15.1. The molecule has 2 unspecified atom stereocenters. The summed E-state index contributed by atoms with van der Waals surface area (Å²) in [5.41, 5.74) is 2.20. The van der Waals surface area contributed by atoms with E-state index in [-0.39, 0.29) is 0 Å². The molecule has 1 aliphatic rings. The van der Waals surface area contributed by atoms with Crippen molar-refractivity contribution in [1.29, 1.82) is 0 Å². The summed E-state index contributed by atoms with van der Waals surface area (Å²) >= 11 is 5.94. The smallest absolute Gasteiger partial charge is 0.246 e. The summed E-state index contributed by atoms with van der Waals surface area (Å²) in [5, 5.41) is 11.5. The first-order valence-corrected chi connectivity index (χ1v) is 10.8. The molecule has 4 rings (SSSR count). The highest BCUT2D eigenvalue weighted by atomic mass is 35.5.